The summed E-state index contributed by atoms with van der Waals surface area (Å²) >= 11 is 0. The van der Waals surface area contributed by atoms with Crippen molar-refractivity contribution in [1.82, 2.24) is 0 Å². The summed E-state index contributed by atoms with van der Waals surface area (Å²) in [6.45, 7) is 5.12. The van der Waals surface area contributed by atoms with E-state index in [0.717, 1.165) is 12.1 Å². The van der Waals surface area contributed by atoms with Gasteiger partial charge in [-0.15, -0.1) is 0 Å². The van der Waals surface area contributed by atoms with Gasteiger partial charge in [-0.2, -0.15) is 5.10 Å². The molecule has 1 rings (SSSR count). The summed E-state index contributed by atoms with van der Waals surface area (Å²) in [5.74, 6) is 0. The van der Waals surface area contributed by atoms with E-state index < -0.39 is 15.5 Å². The summed E-state index contributed by atoms with van der Waals surface area (Å²) < 4.78 is 0. The van der Waals surface area contributed by atoms with Crippen molar-refractivity contribution in [2.45, 2.75) is 6.92 Å². The van der Waals surface area contributed by atoms with Crippen molar-refractivity contribution in [1.29, 1.82) is 0 Å². The van der Waals surface area contributed by atoms with E-state index in [-0.39, 0.29) is 11.4 Å². The Balaban J connectivity index is 3.16. The highest BCUT2D eigenvalue weighted by atomic mass is 16.6. The molecule has 0 atom stereocenters. The van der Waals surface area contributed by atoms with Gasteiger partial charge in [-0.05, 0) is 19.1 Å². The van der Waals surface area contributed by atoms with Crippen molar-refractivity contribution in [3.63, 3.8) is 0 Å². The third kappa shape index (κ3) is 3.11. The molecule has 0 heterocycles. The van der Waals surface area contributed by atoms with Crippen LogP contribution in [0.2, 0.25) is 0 Å². The van der Waals surface area contributed by atoms with Gasteiger partial charge >= 0.3 is 5.69 Å². The fourth-order valence-corrected chi connectivity index (χ4v) is 1.07. The van der Waals surface area contributed by atoms with E-state index in [4.69, 9.17) is 0 Å². The summed E-state index contributed by atoms with van der Waals surface area (Å²) in [5, 5.41) is 25.1. The first-order valence-electron chi connectivity index (χ1n) is 4.81. The zero-order valence-electron chi connectivity index (χ0n) is 9.49. The minimum Gasteiger partial charge on any atom is -0.271 e. The number of nitro groups is 2. The highest BCUT2D eigenvalue weighted by molar-refractivity contribution is 5.92. The van der Waals surface area contributed by atoms with Gasteiger partial charge in [0.25, 0.3) is 5.69 Å². The van der Waals surface area contributed by atoms with Crippen molar-refractivity contribution in [2.24, 2.45) is 5.10 Å². The van der Waals surface area contributed by atoms with Gasteiger partial charge in [-0.1, -0.05) is 6.58 Å². The fourth-order valence-electron chi connectivity index (χ4n) is 1.07. The number of benzene rings is 1. The van der Waals surface area contributed by atoms with Crippen molar-refractivity contribution < 1.29 is 9.85 Å². The molecule has 0 spiro atoms. The number of hydrazone groups is 1. The summed E-state index contributed by atoms with van der Waals surface area (Å²) in [4.78, 5) is 19.9. The van der Waals surface area contributed by atoms with Crippen LogP contribution in [0.25, 0.3) is 0 Å². The minimum atomic E-state index is -0.714. The van der Waals surface area contributed by atoms with Crippen LogP contribution < -0.4 is 5.43 Å². The smallest absolute Gasteiger partial charge is 0.271 e. The molecule has 18 heavy (non-hydrogen) atoms. The Morgan fingerprint density at radius 2 is 2.06 bits per heavy atom. The largest absolute Gasteiger partial charge is 0.301 e. The highest BCUT2D eigenvalue weighted by Crippen LogP contribution is 2.28. The van der Waals surface area contributed by atoms with Crippen LogP contribution in [-0.4, -0.2) is 15.6 Å². The van der Waals surface area contributed by atoms with Crippen molar-refractivity contribution in [3.8, 4) is 0 Å². The van der Waals surface area contributed by atoms with Gasteiger partial charge in [0, 0.05) is 6.07 Å². The molecule has 0 amide bonds. The standard InChI is InChI=1S/C10H10N4O4/c1-3-7(2)11-12-9-5-4-8(13(15)16)6-10(9)14(17)18/h3-6,12H,1H2,2H3/b11-7+. The molecule has 0 aliphatic carbocycles. The topological polar surface area (TPSA) is 111 Å². The highest BCUT2D eigenvalue weighted by Gasteiger charge is 2.19. The zero-order valence-corrected chi connectivity index (χ0v) is 9.49. The lowest BCUT2D eigenvalue weighted by Gasteiger charge is -2.02. The maximum atomic E-state index is 10.8. The van der Waals surface area contributed by atoms with Crippen LogP contribution in [0, 0.1) is 20.2 Å². The number of allylic oxidation sites excluding steroid dienone is 1. The fraction of sp³-hybridized carbons (Fsp3) is 0.100. The van der Waals surface area contributed by atoms with E-state index in [1.165, 1.54) is 12.1 Å². The number of rotatable bonds is 5. The van der Waals surface area contributed by atoms with Gasteiger partial charge < -0.3 is 0 Å². The molecule has 0 bridgehead atoms. The second kappa shape index (κ2) is 5.53. The molecule has 0 radical (unpaired) electrons. The van der Waals surface area contributed by atoms with Gasteiger partial charge in [-0.25, -0.2) is 0 Å². The molecular weight excluding hydrogens is 240 g/mol. The Morgan fingerprint density at radius 1 is 1.39 bits per heavy atom. The average molecular weight is 250 g/mol. The Kier molecular flexibility index (Phi) is 4.08. The van der Waals surface area contributed by atoms with Crippen molar-refractivity contribution in [2.75, 3.05) is 5.43 Å². The Bertz CT molecular complexity index is 539. The molecule has 0 fully saturated rings. The summed E-state index contributed by atoms with van der Waals surface area (Å²) in [6, 6.07) is 3.27. The number of nitro benzene ring substituents is 2. The molecule has 0 saturated carbocycles. The van der Waals surface area contributed by atoms with Crippen LogP contribution in [0.5, 0.6) is 0 Å². The maximum absolute atomic E-state index is 10.8. The first-order valence-corrected chi connectivity index (χ1v) is 4.81. The van der Waals surface area contributed by atoms with E-state index in [9.17, 15) is 20.2 Å². The first kappa shape index (κ1) is 13.3. The third-order valence-corrected chi connectivity index (χ3v) is 2.04. The zero-order chi connectivity index (χ0) is 13.7. The second-order valence-corrected chi connectivity index (χ2v) is 3.28. The Labute approximate surface area is 102 Å². The van der Waals surface area contributed by atoms with Gasteiger partial charge in [0.1, 0.15) is 5.69 Å². The van der Waals surface area contributed by atoms with Crippen molar-refractivity contribution in [3.05, 3.63) is 51.1 Å². The lowest BCUT2D eigenvalue weighted by molar-refractivity contribution is -0.393. The lowest BCUT2D eigenvalue weighted by Crippen LogP contribution is -2.00. The molecule has 1 aromatic rings. The molecule has 0 unspecified atom stereocenters. The van der Waals surface area contributed by atoms with Gasteiger partial charge in [0.05, 0.1) is 21.6 Å². The van der Waals surface area contributed by atoms with E-state index in [1.807, 2.05) is 0 Å². The van der Waals surface area contributed by atoms with Gasteiger partial charge in [0.15, 0.2) is 0 Å². The van der Waals surface area contributed by atoms with E-state index in [0.29, 0.717) is 5.71 Å². The number of hydrogen-bond acceptors (Lipinski definition) is 6. The normalized spacial score (nSPS) is 10.8. The minimum absolute atomic E-state index is 0.0757. The van der Waals surface area contributed by atoms with Crippen LogP contribution in [-0.2, 0) is 0 Å². The molecule has 0 aromatic heterocycles. The number of anilines is 1. The number of hydrogen-bond donors (Lipinski definition) is 1. The third-order valence-electron chi connectivity index (χ3n) is 2.04. The molecule has 0 aliphatic rings. The first-order chi connectivity index (χ1) is 8.45. The van der Waals surface area contributed by atoms with Crippen LogP contribution in [0.3, 0.4) is 0 Å². The molecule has 8 nitrogen and oxygen atoms in total. The molecule has 94 valence electrons. The molecule has 0 saturated heterocycles. The monoisotopic (exact) mass is 250 g/mol. The predicted octanol–water partition coefficient (Wildman–Crippen LogP) is 2.48. The quantitative estimate of drug-likeness (QED) is 0.490. The number of nitrogens with zero attached hydrogens (tertiary/aromatic N) is 3. The molecule has 0 aliphatic heterocycles. The average Bonchev–Trinajstić information content (AvgIpc) is 2.35. The number of nitrogens with one attached hydrogen (secondary N) is 1. The summed E-state index contributed by atoms with van der Waals surface area (Å²) in [5.41, 5.74) is 2.31. The second-order valence-electron chi connectivity index (χ2n) is 3.28. The predicted molar refractivity (Wildman–Crippen MR) is 66.7 cm³/mol. The summed E-state index contributed by atoms with van der Waals surface area (Å²) in [6.07, 6.45) is 1.46. The Morgan fingerprint density at radius 3 is 2.56 bits per heavy atom. The van der Waals surface area contributed by atoms with Crippen molar-refractivity contribution >= 4 is 22.8 Å². The van der Waals surface area contributed by atoms with Crippen LogP contribution in [0.15, 0.2) is 36.0 Å². The molecule has 1 N–H and O–H groups in total. The lowest BCUT2D eigenvalue weighted by atomic mass is 10.2. The van der Waals surface area contributed by atoms with Crippen LogP contribution in [0.1, 0.15) is 6.92 Å². The van der Waals surface area contributed by atoms with Crippen LogP contribution >= 0.6 is 0 Å². The SMILES string of the molecule is C=C/C(C)=N/Nc1ccc([N+](=O)[O-])cc1[N+](=O)[O-]. The molecule has 8 heteroatoms. The van der Waals surface area contributed by atoms with E-state index in [2.05, 4.69) is 17.1 Å². The van der Waals surface area contributed by atoms with Gasteiger partial charge in [-0.3, -0.25) is 25.7 Å². The maximum Gasteiger partial charge on any atom is 0.301 e. The molecule has 1 aromatic carbocycles. The Hall–Kier alpha value is -2.77. The number of non-ortho nitro benzene ring substituents is 1. The molecular formula is C10H10N4O4. The van der Waals surface area contributed by atoms with Gasteiger partial charge in [0.2, 0.25) is 0 Å². The van der Waals surface area contributed by atoms with Crippen LogP contribution in [0.4, 0.5) is 17.1 Å². The summed E-state index contributed by atoms with van der Waals surface area (Å²) in [7, 11) is 0. The van der Waals surface area contributed by atoms with E-state index >= 15 is 0 Å². The van der Waals surface area contributed by atoms with E-state index in [1.54, 1.807) is 6.92 Å².